The van der Waals surface area contributed by atoms with Crippen LogP contribution in [-0.4, -0.2) is 17.0 Å². The summed E-state index contributed by atoms with van der Waals surface area (Å²) in [6, 6.07) is 10.7. The number of nitrogens with zero attached hydrogens (tertiary/aromatic N) is 1. The van der Waals surface area contributed by atoms with E-state index in [1.807, 2.05) is 0 Å². The Labute approximate surface area is 98.8 Å². The highest BCUT2D eigenvalue weighted by Crippen LogP contribution is 2.27. The van der Waals surface area contributed by atoms with Crippen LogP contribution < -0.4 is 0 Å². The van der Waals surface area contributed by atoms with E-state index >= 15 is 0 Å². The predicted octanol–water partition coefficient (Wildman–Crippen LogP) is 3.62. The minimum atomic E-state index is 0.247. The minimum absolute atomic E-state index is 0.247. The van der Waals surface area contributed by atoms with Crippen LogP contribution in [0.5, 0.6) is 0 Å². The van der Waals surface area contributed by atoms with Crippen molar-refractivity contribution in [3.8, 4) is 0 Å². The summed E-state index contributed by atoms with van der Waals surface area (Å²) < 4.78 is 0. The normalized spacial score (nSPS) is 16.4. The van der Waals surface area contributed by atoms with Gasteiger partial charge in [-0.15, -0.1) is 0 Å². The van der Waals surface area contributed by atoms with Crippen LogP contribution in [0.4, 0.5) is 0 Å². The lowest BCUT2D eigenvalue weighted by atomic mass is 10.0. The highest BCUT2D eigenvalue weighted by atomic mass is 15.2. The zero-order chi connectivity index (χ0) is 11.6. The van der Waals surface area contributed by atoms with E-state index in [0.717, 1.165) is 6.42 Å². The molecule has 0 atom stereocenters. The first-order chi connectivity index (χ1) is 7.57. The molecule has 0 bridgehead atoms. The minimum Gasteiger partial charge on any atom is -0.370 e. The van der Waals surface area contributed by atoms with Crippen LogP contribution in [0.15, 0.2) is 42.1 Å². The molecule has 0 saturated heterocycles. The fourth-order valence-electron chi connectivity index (χ4n) is 2.35. The highest BCUT2D eigenvalue weighted by Gasteiger charge is 2.25. The number of allylic oxidation sites excluding steroid dienone is 1. The summed E-state index contributed by atoms with van der Waals surface area (Å²) in [5, 5.41) is 0. The topological polar surface area (TPSA) is 3.24 Å². The van der Waals surface area contributed by atoms with E-state index in [0.29, 0.717) is 0 Å². The van der Waals surface area contributed by atoms with Gasteiger partial charge in [-0.1, -0.05) is 36.4 Å². The van der Waals surface area contributed by atoms with Crippen molar-refractivity contribution >= 4 is 0 Å². The van der Waals surface area contributed by atoms with Gasteiger partial charge in [-0.2, -0.15) is 0 Å². The van der Waals surface area contributed by atoms with Crippen molar-refractivity contribution in [1.29, 1.82) is 0 Å². The van der Waals surface area contributed by atoms with Gasteiger partial charge in [-0.05, 0) is 32.8 Å². The van der Waals surface area contributed by atoms with Crippen molar-refractivity contribution in [2.24, 2.45) is 0 Å². The van der Waals surface area contributed by atoms with Gasteiger partial charge in [-0.25, -0.2) is 0 Å². The second-order valence-electron chi connectivity index (χ2n) is 5.47. The Hall–Kier alpha value is -1.24. The first kappa shape index (κ1) is 11.3. The van der Waals surface area contributed by atoms with Gasteiger partial charge in [0.05, 0.1) is 0 Å². The van der Waals surface area contributed by atoms with Crippen LogP contribution in [0.1, 0.15) is 32.8 Å². The van der Waals surface area contributed by atoms with Crippen molar-refractivity contribution in [3.63, 3.8) is 0 Å². The maximum atomic E-state index is 2.53. The quantitative estimate of drug-likeness (QED) is 0.728. The Kier molecular flexibility index (Phi) is 3.04. The van der Waals surface area contributed by atoms with Crippen molar-refractivity contribution in [2.75, 3.05) is 6.54 Å². The van der Waals surface area contributed by atoms with E-state index in [1.165, 1.54) is 24.2 Å². The van der Waals surface area contributed by atoms with Crippen LogP contribution in [0.3, 0.4) is 0 Å². The monoisotopic (exact) mass is 215 g/mol. The van der Waals surface area contributed by atoms with Crippen molar-refractivity contribution in [2.45, 2.75) is 39.2 Å². The Bertz CT molecular complexity index is 370. The summed E-state index contributed by atoms with van der Waals surface area (Å²) in [5.74, 6) is 0. The number of rotatable bonds is 2. The Morgan fingerprint density at radius 1 is 1.12 bits per heavy atom. The summed E-state index contributed by atoms with van der Waals surface area (Å²) in [7, 11) is 0. The van der Waals surface area contributed by atoms with E-state index in [1.54, 1.807) is 0 Å². The molecule has 1 aromatic carbocycles. The lowest BCUT2D eigenvalue weighted by Gasteiger charge is -2.36. The molecule has 0 amide bonds. The van der Waals surface area contributed by atoms with Crippen LogP contribution >= 0.6 is 0 Å². The van der Waals surface area contributed by atoms with Gasteiger partial charge in [0.1, 0.15) is 0 Å². The third kappa shape index (κ3) is 2.46. The third-order valence-electron chi connectivity index (χ3n) is 3.12. The molecule has 0 spiro atoms. The molecule has 2 rings (SSSR count). The van der Waals surface area contributed by atoms with E-state index in [-0.39, 0.29) is 5.54 Å². The summed E-state index contributed by atoms with van der Waals surface area (Å²) in [6.07, 6.45) is 4.65. The molecule has 1 heteroatoms. The Morgan fingerprint density at radius 3 is 2.44 bits per heavy atom. The fourth-order valence-corrected chi connectivity index (χ4v) is 2.35. The van der Waals surface area contributed by atoms with Crippen LogP contribution in [0.2, 0.25) is 0 Å². The zero-order valence-corrected chi connectivity index (χ0v) is 10.5. The molecule has 0 unspecified atom stereocenters. The molecule has 0 N–H and O–H groups in total. The first-order valence-corrected chi connectivity index (χ1v) is 6.08. The summed E-state index contributed by atoms with van der Waals surface area (Å²) in [6.45, 7) is 8.04. The molecular weight excluding hydrogens is 194 g/mol. The molecule has 1 aliphatic rings. The van der Waals surface area contributed by atoms with Crippen LogP contribution in [0.25, 0.3) is 0 Å². The SMILES string of the molecule is CC(C)(C)N1CCC=C1Cc1ccccc1. The van der Waals surface area contributed by atoms with Crippen molar-refractivity contribution in [1.82, 2.24) is 4.90 Å². The van der Waals surface area contributed by atoms with Gasteiger partial charge in [0.25, 0.3) is 0 Å². The molecule has 1 nitrogen and oxygen atoms in total. The molecule has 1 heterocycles. The van der Waals surface area contributed by atoms with E-state index in [4.69, 9.17) is 0 Å². The summed E-state index contributed by atoms with van der Waals surface area (Å²) >= 11 is 0. The molecule has 1 aliphatic heterocycles. The molecule has 86 valence electrons. The summed E-state index contributed by atoms with van der Waals surface area (Å²) in [4.78, 5) is 2.53. The summed E-state index contributed by atoms with van der Waals surface area (Å²) in [5.41, 5.74) is 3.14. The van der Waals surface area contributed by atoms with Gasteiger partial charge >= 0.3 is 0 Å². The molecule has 16 heavy (non-hydrogen) atoms. The Balaban J connectivity index is 2.11. The average Bonchev–Trinajstić information content (AvgIpc) is 2.67. The van der Waals surface area contributed by atoms with E-state index in [2.05, 4.69) is 62.1 Å². The van der Waals surface area contributed by atoms with Crippen molar-refractivity contribution < 1.29 is 0 Å². The second-order valence-corrected chi connectivity index (χ2v) is 5.47. The predicted molar refractivity (Wildman–Crippen MR) is 69.3 cm³/mol. The molecule has 1 aromatic rings. The largest absolute Gasteiger partial charge is 0.370 e. The lowest BCUT2D eigenvalue weighted by molar-refractivity contribution is 0.199. The maximum Gasteiger partial charge on any atom is 0.0315 e. The van der Waals surface area contributed by atoms with Gasteiger partial charge in [0.15, 0.2) is 0 Å². The highest BCUT2D eigenvalue weighted by molar-refractivity contribution is 5.24. The fraction of sp³-hybridized carbons (Fsp3) is 0.467. The van der Waals surface area contributed by atoms with Gasteiger partial charge in [-0.3, -0.25) is 0 Å². The van der Waals surface area contributed by atoms with Gasteiger partial charge in [0, 0.05) is 24.2 Å². The van der Waals surface area contributed by atoms with Crippen molar-refractivity contribution in [3.05, 3.63) is 47.7 Å². The standard InChI is InChI=1S/C15H21N/c1-15(2,3)16-11-7-10-14(16)12-13-8-5-4-6-9-13/h4-6,8-10H,7,11-12H2,1-3H3. The molecule has 0 aliphatic carbocycles. The number of hydrogen-bond acceptors (Lipinski definition) is 1. The second kappa shape index (κ2) is 4.32. The van der Waals surface area contributed by atoms with Crippen LogP contribution in [0, 0.1) is 0 Å². The zero-order valence-electron chi connectivity index (χ0n) is 10.5. The van der Waals surface area contributed by atoms with Gasteiger partial charge in [0.2, 0.25) is 0 Å². The lowest BCUT2D eigenvalue weighted by Crippen LogP contribution is -2.39. The number of benzene rings is 1. The van der Waals surface area contributed by atoms with Gasteiger partial charge < -0.3 is 4.90 Å². The third-order valence-corrected chi connectivity index (χ3v) is 3.12. The molecule has 0 fully saturated rings. The smallest absolute Gasteiger partial charge is 0.0315 e. The van der Waals surface area contributed by atoms with E-state index < -0.39 is 0 Å². The molecule has 0 aromatic heterocycles. The Morgan fingerprint density at radius 2 is 1.81 bits per heavy atom. The molecule has 0 saturated carbocycles. The molecular formula is C15H21N. The average molecular weight is 215 g/mol. The molecule has 0 radical (unpaired) electrons. The number of hydrogen-bond donors (Lipinski definition) is 0. The van der Waals surface area contributed by atoms with E-state index in [9.17, 15) is 0 Å². The maximum absolute atomic E-state index is 2.53. The van der Waals surface area contributed by atoms with Crippen LogP contribution in [-0.2, 0) is 6.42 Å². The first-order valence-electron chi connectivity index (χ1n) is 6.08.